The summed E-state index contributed by atoms with van der Waals surface area (Å²) < 4.78 is 24.5. The van der Waals surface area contributed by atoms with Crippen molar-refractivity contribution < 1.29 is 18.7 Å². The molecule has 0 radical (unpaired) electrons. The summed E-state index contributed by atoms with van der Waals surface area (Å²) in [7, 11) is 1.56. The molecule has 138 valence electrons. The van der Waals surface area contributed by atoms with Gasteiger partial charge >= 0.3 is 0 Å². The summed E-state index contributed by atoms with van der Waals surface area (Å²) in [6.07, 6.45) is 2.83. The number of pyridine rings is 1. The standard InChI is InChI=1S/C19H22FN3O3/c1-25-19(7-10-21-11-8-19)18(24)23-13-14-4-3-9-22-17(14)26-16-6-2-5-15(20)12-16/h2-6,9,12,21H,7-8,10-11,13H2,1H3,(H,23,24). The second kappa shape index (κ2) is 8.25. The van der Waals surface area contributed by atoms with Crippen LogP contribution in [0.15, 0.2) is 42.6 Å². The Balaban J connectivity index is 1.69. The maximum absolute atomic E-state index is 13.3. The lowest BCUT2D eigenvalue weighted by molar-refractivity contribution is -0.146. The molecule has 0 atom stereocenters. The fourth-order valence-electron chi connectivity index (χ4n) is 2.98. The molecule has 2 heterocycles. The van der Waals surface area contributed by atoms with E-state index in [-0.39, 0.29) is 18.3 Å². The number of ether oxygens (including phenoxy) is 2. The summed E-state index contributed by atoms with van der Waals surface area (Å²) in [4.78, 5) is 16.9. The first kappa shape index (κ1) is 18.3. The van der Waals surface area contributed by atoms with Crippen molar-refractivity contribution in [2.75, 3.05) is 20.2 Å². The van der Waals surface area contributed by atoms with Crippen molar-refractivity contribution in [2.24, 2.45) is 0 Å². The highest BCUT2D eigenvalue weighted by Crippen LogP contribution is 2.25. The number of nitrogens with zero attached hydrogens (tertiary/aromatic N) is 1. The molecule has 6 nitrogen and oxygen atoms in total. The second-order valence-electron chi connectivity index (χ2n) is 6.16. The van der Waals surface area contributed by atoms with Gasteiger partial charge in [0, 0.05) is 31.5 Å². The molecule has 1 aromatic carbocycles. The van der Waals surface area contributed by atoms with E-state index < -0.39 is 5.60 Å². The molecular formula is C19H22FN3O3. The molecule has 3 rings (SSSR count). The van der Waals surface area contributed by atoms with Crippen LogP contribution in [0.2, 0.25) is 0 Å². The van der Waals surface area contributed by atoms with Crippen molar-refractivity contribution in [1.82, 2.24) is 15.6 Å². The lowest BCUT2D eigenvalue weighted by Crippen LogP contribution is -2.53. The molecule has 2 N–H and O–H groups in total. The number of amides is 1. The summed E-state index contributed by atoms with van der Waals surface area (Å²) in [6, 6.07) is 9.41. The van der Waals surface area contributed by atoms with Crippen molar-refractivity contribution >= 4 is 5.91 Å². The Morgan fingerprint density at radius 3 is 2.85 bits per heavy atom. The molecule has 1 aromatic heterocycles. The highest BCUT2D eigenvalue weighted by atomic mass is 19.1. The van der Waals surface area contributed by atoms with Gasteiger partial charge in [-0.2, -0.15) is 0 Å². The number of piperidine rings is 1. The van der Waals surface area contributed by atoms with Gasteiger partial charge in [-0.3, -0.25) is 4.79 Å². The van der Waals surface area contributed by atoms with E-state index in [1.165, 1.54) is 12.1 Å². The summed E-state index contributed by atoms with van der Waals surface area (Å²) in [5, 5.41) is 6.14. The van der Waals surface area contributed by atoms with Gasteiger partial charge in [-0.25, -0.2) is 9.37 Å². The van der Waals surface area contributed by atoms with Crippen LogP contribution in [-0.2, 0) is 16.1 Å². The van der Waals surface area contributed by atoms with Crippen molar-refractivity contribution in [3.05, 3.63) is 54.0 Å². The zero-order valence-electron chi connectivity index (χ0n) is 14.6. The molecule has 1 saturated heterocycles. The predicted octanol–water partition coefficient (Wildman–Crippen LogP) is 2.40. The molecule has 0 bridgehead atoms. The fourth-order valence-corrected chi connectivity index (χ4v) is 2.98. The number of nitrogens with one attached hydrogen (secondary N) is 2. The number of benzene rings is 1. The largest absolute Gasteiger partial charge is 0.439 e. The average Bonchev–Trinajstić information content (AvgIpc) is 2.67. The third-order valence-corrected chi connectivity index (χ3v) is 4.52. The number of hydrogen-bond acceptors (Lipinski definition) is 5. The van der Waals surface area contributed by atoms with E-state index in [2.05, 4.69) is 15.6 Å². The van der Waals surface area contributed by atoms with Gasteiger partial charge < -0.3 is 20.1 Å². The minimum atomic E-state index is -0.808. The third kappa shape index (κ3) is 4.17. The van der Waals surface area contributed by atoms with Gasteiger partial charge in [0.25, 0.3) is 5.91 Å². The molecule has 0 saturated carbocycles. The van der Waals surface area contributed by atoms with Crippen LogP contribution in [0, 0.1) is 5.82 Å². The van der Waals surface area contributed by atoms with Gasteiger partial charge in [0.1, 0.15) is 17.2 Å². The smallest absolute Gasteiger partial charge is 0.252 e. The maximum Gasteiger partial charge on any atom is 0.252 e. The molecular weight excluding hydrogens is 337 g/mol. The molecule has 26 heavy (non-hydrogen) atoms. The zero-order chi connectivity index (χ0) is 18.4. The van der Waals surface area contributed by atoms with E-state index in [1.54, 1.807) is 31.5 Å². The summed E-state index contributed by atoms with van der Waals surface area (Å²) in [5.74, 6) is 0.140. The minimum absolute atomic E-state index is 0.151. The first-order valence-corrected chi connectivity index (χ1v) is 8.54. The Morgan fingerprint density at radius 2 is 2.12 bits per heavy atom. The average molecular weight is 359 g/mol. The van der Waals surface area contributed by atoms with E-state index in [0.29, 0.717) is 30.0 Å². The number of halogens is 1. The van der Waals surface area contributed by atoms with Crippen LogP contribution in [0.1, 0.15) is 18.4 Å². The summed E-state index contributed by atoms with van der Waals surface area (Å²) in [5.41, 5.74) is -0.109. The molecule has 1 aliphatic heterocycles. The van der Waals surface area contributed by atoms with Crippen molar-refractivity contribution in [1.29, 1.82) is 0 Å². The Morgan fingerprint density at radius 1 is 1.31 bits per heavy atom. The molecule has 0 unspecified atom stereocenters. The first-order valence-electron chi connectivity index (χ1n) is 8.54. The predicted molar refractivity (Wildman–Crippen MR) is 94.4 cm³/mol. The van der Waals surface area contributed by atoms with Gasteiger partial charge in [0.05, 0.1) is 0 Å². The van der Waals surface area contributed by atoms with E-state index >= 15 is 0 Å². The van der Waals surface area contributed by atoms with Gasteiger partial charge in [-0.15, -0.1) is 0 Å². The van der Waals surface area contributed by atoms with Gasteiger partial charge in [-0.05, 0) is 44.1 Å². The molecule has 0 spiro atoms. The molecule has 1 amide bonds. The maximum atomic E-state index is 13.3. The van der Waals surface area contributed by atoms with E-state index in [1.807, 2.05) is 6.07 Å². The van der Waals surface area contributed by atoms with Crippen LogP contribution in [0.25, 0.3) is 0 Å². The van der Waals surface area contributed by atoms with E-state index in [4.69, 9.17) is 9.47 Å². The number of rotatable bonds is 6. The number of hydrogen-bond donors (Lipinski definition) is 2. The van der Waals surface area contributed by atoms with Gasteiger partial charge in [0.2, 0.25) is 5.88 Å². The lowest BCUT2D eigenvalue weighted by atomic mass is 9.91. The summed E-state index contributed by atoms with van der Waals surface area (Å²) >= 11 is 0. The topological polar surface area (TPSA) is 72.5 Å². The zero-order valence-corrected chi connectivity index (χ0v) is 14.6. The monoisotopic (exact) mass is 359 g/mol. The quantitative estimate of drug-likeness (QED) is 0.829. The van der Waals surface area contributed by atoms with Crippen LogP contribution in [-0.4, -0.2) is 36.7 Å². The Kier molecular flexibility index (Phi) is 5.80. The van der Waals surface area contributed by atoms with Crippen molar-refractivity contribution in [3.63, 3.8) is 0 Å². The van der Waals surface area contributed by atoms with Gasteiger partial charge in [0.15, 0.2) is 0 Å². The molecule has 7 heteroatoms. The number of aromatic nitrogens is 1. The lowest BCUT2D eigenvalue weighted by Gasteiger charge is -2.34. The molecule has 0 aliphatic carbocycles. The van der Waals surface area contributed by atoms with Crippen molar-refractivity contribution in [3.8, 4) is 11.6 Å². The minimum Gasteiger partial charge on any atom is -0.439 e. The Bertz CT molecular complexity index is 763. The Labute approximate surface area is 151 Å². The van der Waals surface area contributed by atoms with Gasteiger partial charge in [-0.1, -0.05) is 12.1 Å². The van der Waals surface area contributed by atoms with Crippen LogP contribution in [0.5, 0.6) is 11.6 Å². The molecule has 1 aliphatic rings. The number of carbonyl (C=O) groups excluding carboxylic acids is 1. The number of methoxy groups -OCH3 is 1. The fraction of sp³-hybridized carbons (Fsp3) is 0.368. The van der Waals surface area contributed by atoms with Crippen LogP contribution < -0.4 is 15.4 Å². The normalized spacial score (nSPS) is 16.1. The summed E-state index contributed by atoms with van der Waals surface area (Å²) in [6.45, 7) is 1.72. The van der Waals surface area contributed by atoms with Crippen LogP contribution in [0.4, 0.5) is 4.39 Å². The molecule has 2 aromatic rings. The Hall–Kier alpha value is -2.51. The SMILES string of the molecule is COC1(C(=O)NCc2cccnc2Oc2cccc(F)c2)CCNCC1. The highest BCUT2D eigenvalue weighted by Gasteiger charge is 2.39. The van der Waals surface area contributed by atoms with Crippen LogP contribution in [0.3, 0.4) is 0 Å². The first-order chi connectivity index (χ1) is 12.6. The van der Waals surface area contributed by atoms with Crippen LogP contribution >= 0.6 is 0 Å². The second-order valence-corrected chi connectivity index (χ2v) is 6.16. The van der Waals surface area contributed by atoms with E-state index in [9.17, 15) is 9.18 Å². The highest BCUT2D eigenvalue weighted by molar-refractivity contribution is 5.85. The number of carbonyl (C=O) groups is 1. The third-order valence-electron chi connectivity index (χ3n) is 4.52. The molecule has 1 fully saturated rings. The van der Waals surface area contributed by atoms with E-state index in [0.717, 1.165) is 13.1 Å². The van der Waals surface area contributed by atoms with Crippen molar-refractivity contribution in [2.45, 2.75) is 25.0 Å².